The first-order valence-electron chi connectivity index (χ1n) is 8.63. The summed E-state index contributed by atoms with van der Waals surface area (Å²) < 4.78 is 5.60. The number of hydrogen-bond donors (Lipinski definition) is 2. The minimum absolute atomic E-state index is 0.0968. The first-order chi connectivity index (χ1) is 12.6. The second kappa shape index (κ2) is 9.09. The monoisotopic (exact) mass is 411 g/mol. The van der Waals surface area contributed by atoms with Gasteiger partial charge in [-0.1, -0.05) is 35.3 Å². The Morgan fingerprint density at radius 2 is 2.04 bits per heavy atom. The molecule has 26 heavy (non-hydrogen) atoms. The van der Waals surface area contributed by atoms with Gasteiger partial charge < -0.3 is 15.4 Å². The molecular formula is C19H23Cl2N3OS. The smallest absolute Gasteiger partial charge is 0.191 e. The summed E-state index contributed by atoms with van der Waals surface area (Å²) >= 11 is 14.4. The molecule has 1 aromatic carbocycles. The molecule has 1 aliphatic rings. The molecule has 4 nitrogen and oxygen atoms in total. The van der Waals surface area contributed by atoms with Crippen molar-refractivity contribution in [2.45, 2.75) is 24.8 Å². The lowest BCUT2D eigenvalue weighted by Crippen LogP contribution is -2.48. The molecule has 2 aromatic rings. The average molecular weight is 412 g/mol. The van der Waals surface area contributed by atoms with Gasteiger partial charge in [0.2, 0.25) is 0 Å². The maximum Gasteiger partial charge on any atom is 0.191 e. The Morgan fingerprint density at radius 1 is 1.23 bits per heavy atom. The third-order valence-corrected chi connectivity index (χ3v) is 6.20. The minimum Gasteiger partial charge on any atom is -0.381 e. The Morgan fingerprint density at radius 3 is 2.69 bits per heavy atom. The van der Waals surface area contributed by atoms with Crippen molar-refractivity contribution in [1.82, 2.24) is 10.6 Å². The lowest BCUT2D eigenvalue weighted by Gasteiger charge is -2.38. The highest BCUT2D eigenvalue weighted by molar-refractivity contribution is 7.09. The Labute approximate surface area is 168 Å². The molecule has 0 amide bonds. The highest BCUT2D eigenvalue weighted by Gasteiger charge is 2.36. The molecular weight excluding hydrogens is 389 g/mol. The molecule has 0 unspecified atom stereocenters. The van der Waals surface area contributed by atoms with Crippen LogP contribution in [0.25, 0.3) is 0 Å². The van der Waals surface area contributed by atoms with Crippen molar-refractivity contribution in [2.24, 2.45) is 4.99 Å². The van der Waals surface area contributed by atoms with Gasteiger partial charge in [0, 0.05) is 47.1 Å². The normalized spacial score (nSPS) is 17.1. The summed E-state index contributed by atoms with van der Waals surface area (Å²) in [6.45, 7) is 2.95. The topological polar surface area (TPSA) is 45.7 Å². The highest BCUT2D eigenvalue weighted by Crippen LogP contribution is 2.39. The summed E-state index contributed by atoms with van der Waals surface area (Å²) in [7, 11) is 1.79. The van der Waals surface area contributed by atoms with Crippen LogP contribution in [0.2, 0.25) is 10.0 Å². The summed E-state index contributed by atoms with van der Waals surface area (Å²) in [5, 5.41) is 10.3. The molecule has 0 aliphatic carbocycles. The first kappa shape index (κ1) is 19.5. The number of thiophene rings is 1. The third-order valence-electron chi connectivity index (χ3n) is 4.78. The molecule has 0 atom stereocenters. The maximum atomic E-state index is 6.53. The van der Waals surface area contributed by atoms with Crippen LogP contribution in [0.4, 0.5) is 0 Å². The van der Waals surface area contributed by atoms with E-state index in [0.29, 0.717) is 10.0 Å². The first-order valence-corrected chi connectivity index (χ1v) is 10.3. The van der Waals surface area contributed by atoms with Crippen LogP contribution in [-0.4, -0.2) is 32.8 Å². The van der Waals surface area contributed by atoms with Crippen LogP contribution >= 0.6 is 34.5 Å². The molecule has 0 spiro atoms. The van der Waals surface area contributed by atoms with Crippen molar-refractivity contribution in [1.29, 1.82) is 0 Å². The molecule has 0 saturated carbocycles. The van der Waals surface area contributed by atoms with Gasteiger partial charge in [0.15, 0.2) is 5.96 Å². The average Bonchev–Trinajstić information content (AvgIpc) is 3.16. The van der Waals surface area contributed by atoms with Gasteiger partial charge in [-0.25, -0.2) is 0 Å². The van der Waals surface area contributed by atoms with E-state index < -0.39 is 0 Å². The van der Waals surface area contributed by atoms with E-state index in [0.717, 1.165) is 50.7 Å². The standard InChI is InChI=1S/C19H23Cl2N3OS/c1-22-18(23-12-15-3-2-10-26-15)24-13-19(6-8-25-9-7-19)16-5-4-14(20)11-17(16)21/h2-5,10-11H,6-9,12-13H2,1H3,(H2,22,23,24). The number of guanidine groups is 1. The molecule has 1 fully saturated rings. The van der Waals surface area contributed by atoms with Crippen molar-refractivity contribution in [3.63, 3.8) is 0 Å². The van der Waals surface area contributed by atoms with Crippen molar-refractivity contribution in [3.05, 3.63) is 56.2 Å². The summed E-state index contributed by atoms with van der Waals surface area (Å²) in [5.41, 5.74) is 1.02. The van der Waals surface area contributed by atoms with Gasteiger partial charge in [-0.15, -0.1) is 11.3 Å². The van der Waals surface area contributed by atoms with Crippen LogP contribution in [0.5, 0.6) is 0 Å². The second-order valence-corrected chi connectivity index (χ2v) is 8.25. The van der Waals surface area contributed by atoms with Gasteiger partial charge in [0.25, 0.3) is 0 Å². The van der Waals surface area contributed by atoms with Crippen LogP contribution < -0.4 is 10.6 Å². The molecule has 3 rings (SSSR count). The van der Waals surface area contributed by atoms with Gasteiger partial charge in [0.1, 0.15) is 0 Å². The van der Waals surface area contributed by atoms with Gasteiger partial charge in [-0.3, -0.25) is 4.99 Å². The summed E-state index contributed by atoms with van der Waals surface area (Å²) in [6, 6.07) is 9.93. The fraction of sp³-hybridized carbons (Fsp3) is 0.421. The number of rotatable bonds is 5. The van der Waals surface area contributed by atoms with Crippen LogP contribution in [0, 0.1) is 0 Å². The van der Waals surface area contributed by atoms with E-state index in [9.17, 15) is 0 Å². The molecule has 140 valence electrons. The van der Waals surface area contributed by atoms with Gasteiger partial charge in [0.05, 0.1) is 6.54 Å². The molecule has 0 bridgehead atoms. The fourth-order valence-electron chi connectivity index (χ4n) is 3.28. The van der Waals surface area contributed by atoms with E-state index in [2.05, 4.69) is 33.1 Å². The zero-order valence-electron chi connectivity index (χ0n) is 14.7. The lowest BCUT2D eigenvalue weighted by atomic mass is 9.74. The van der Waals surface area contributed by atoms with Crippen LogP contribution in [0.1, 0.15) is 23.3 Å². The number of ether oxygens (including phenoxy) is 1. The predicted octanol–water partition coefficient (Wildman–Crippen LogP) is 4.47. The zero-order valence-corrected chi connectivity index (χ0v) is 17.1. The Hall–Kier alpha value is -1.27. The highest BCUT2D eigenvalue weighted by atomic mass is 35.5. The quantitative estimate of drug-likeness (QED) is 0.563. The van der Waals surface area contributed by atoms with Crippen molar-refractivity contribution >= 4 is 40.5 Å². The largest absolute Gasteiger partial charge is 0.381 e. The summed E-state index contributed by atoms with van der Waals surface area (Å²) in [6.07, 6.45) is 1.81. The van der Waals surface area contributed by atoms with E-state index in [1.165, 1.54) is 4.88 Å². The zero-order chi connectivity index (χ0) is 18.4. The minimum atomic E-state index is -0.0968. The van der Waals surface area contributed by atoms with E-state index in [1.807, 2.05) is 18.2 Å². The van der Waals surface area contributed by atoms with Gasteiger partial charge in [-0.05, 0) is 42.0 Å². The molecule has 2 N–H and O–H groups in total. The molecule has 2 heterocycles. The Balaban J connectivity index is 1.71. The van der Waals surface area contributed by atoms with Crippen LogP contribution in [0.15, 0.2) is 40.7 Å². The number of nitrogens with one attached hydrogen (secondary N) is 2. The van der Waals surface area contributed by atoms with E-state index in [4.69, 9.17) is 27.9 Å². The van der Waals surface area contributed by atoms with E-state index >= 15 is 0 Å². The summed E-state index contributed by atoms with van der Waals surface area (Å²) in [5.74, 6) is 0.786. The Bertz CT molecular complexity index is 743. The Kier molecular flexibility index (Phi) is 6.81. The third kappa shape index (κ3) is 4.71. The predicted molar refractivity (Wildman–Crippen MR) is 111 cm³/mol. The number of halogens is 2. The van der Waals surface area contributed by atoms with Crippen molar-refractivity contribution in [3.8, 4) is 0 Å². The fourth-order valence-corrected chi connectivity index (χ4v) is 4.53. The lowest BCUT2D eigenvalue weighted by molar-refractivity contribution is 0.0514. The van der Waals surface area contributed by atoms with Gasteiger partial charge in [-0.2, -0.15) is 0 Å². The van der Waals surface area contributed by atoms with Crippen molar-refractivity contribution < 1.29 is 4.74 Å². The number of hydrogen-bond acceptors (Lipinski definition) is 3. The second-order valence-electron chi connectivity index (χ2n) is 6.38. The van der Waals surface area contributed by atoms with Crippen LogP contribution in [-0.2, 0) is 16.7 Å². The van der Waals surface area contributed by atoms with E-state index in [1.54, 1.807) is 18.4 Å². The number of nitrogens with zero attached hydrogens (tertiary/aromatic N) is 1. The number of aliphatic imine (C=N–C) groups is 1. The van der Waals surface area contributed by atoms with Crippen molar-refractivity contribution in [2.75, 3.05) is 26.8 Å². The SMILES string of the molecule is CN=C(NCc1cccs1)NCC1(c2ccc(Cl)cc2Cl)CCOCC1. The molecule has 0 radical (unpaired) electrons. The molecule has 1 aliphatic heterocycles. The molecule has 1 saturated heterocycles. The van der Waals surface area contributed by atoms with E-state index in [-0.39, 0.29) is 5.41 Å². The molecule has 1 aromatic heterocycles. The molecule has 7 heteroatoms. The number of benzene rings is 1. The summed E-state index contributed by atoms with van der Waals surface area (Å²) in [4.78, 5) is 5.62. The van der Waals surface area contributed by atoms with Crippen LogP contribution in [0.3, 0.4) is 0 Å². The van der Waals surface area contributed by atoms with Gasteiger partial charge >= 0.3 is 0 Å². The maximum absolute atomic E-state index is 6.53.